The van der Waals surface area contributed by atoms with E-state index in [1.165, 1.54) is 11.8 Å². The van der Waals surface area contributed by atoms with Crippen LogP contribution in [-0.4, -0.2) is 24.3 Å². The van der Waals surface area contributed by atoms with Crippen LogP contribution >= 0.6 is 46.0 Å². The number of amides is 1. The van der Waals surface area contributed by atoms with Crippen molar-refractivity contribution in [1.82, 2.24) is 5.32 Å². The molecule has 1 saturated heterocycles. The summed E-state index contributed by atoms with van der Waals surface area (Å²) in [5.74, 6) is 1.21. The first-order valence-electron chi connectivity index (χ1n) is 8.64. The van der Waals surface area contributed by atoms with Gasteiger partial charge in [0, 0.05) is 5.02 Å². The molecule has 28 heavy (non-hydrogen) atoms. The molecule has 2 aromatic carbocycles. The van der Waals surface area contributed by atoms with Crippen molar-refractivity contribution >= 4 is 68.8 Å². The molecule has 2 aromatic rings. The summed E-state index contributed by atoms with van der Waals surface area (Å²) in [6.45, 7) is 4.94. The number of hydrogen-bond donors (Lipinski definition) is 1. The molecule has 1 amide bonds. The molecule has 1 fully saturated rings. The SMILES string of the molecule is CCOc1cc(/C=C2/SC(=Nc3ccc(Cl)cc3)NC2=O)cc(I)c1OCC. The highest BCUT2D eigenvalue weighted by Gasteiger charge is 2.24. The Hall–Kier alpha value is -1.71. The molecule has 5 nitrogen and oxygen atoms in total. The van der Waals surface area contributed by atoms with Crippen LogP contribution in [0.25, 0.3) is 6.08 Å². The van der Waals surface area contributed by atoms with Gasteiger partial charge >= 0.3 is 0 Å². The quantitative estimate of drug-likeness (QED) is 0.390. The number of nitrogens with one attached hydrogen (secondary N) is 1. The smallest absolute Gasteiger partial charge is 0.264 e. The monoisotopic (exact) mass is 528 g/mol. The van der Waals surface area contributed by atoms with Crippen LogP contribution in [0.5, 0.6) is 11.5 Å². The van der Waals surface area contributed by atoms with Crippen LogP contribution in [0.3, 0.4) is 0 Å². The number of benzene rings is 2. The summed E-state index contributed by atoms with van der Waals surface area (Å²) >= 11 is 9.40. The summed E-state index contributed by atoms with van der Waals surface area (Å²) in [4.78, 5) is 17.3. The van der Waals surface area contributed by atoms with E-state index in [4.69, 9.17) is 21.1 Å². The Morgan fingerprint density at radius 3 is 2.57 bits per heavy atom. The fraction of sp³-hybridized carbons (Fsp3) is 0.200. The average Bonchev–Trinajstić information content (AvgIpc) is 2.99. The summed E-state index contributed by atoms with van der Waals surface area (Å²) in [6.07, 6.45) is 1.82. The largest absolute Gasteiger partial charge is 0.490 e. The van der Waals surface area contributed by atoms with E-state index in [9.17, 15) is 4.79 Å². The van der Waals surface area contributed by atoms with Crippen LogP contribution in [-0.2, 0) is 4.79 Å². The van der Waals surface area contributed by atoms with Crippen LogP contribution < -0.4 is 14.8 Å². The van der Waals surface area contributed by atoms with Crippen molar-refractivity contribution in [3.05, 3.63) is 55.5 Å². The van der Waals surface area contributed by atoms with E-state index < -0.39 is 0 Å². The zero-order chi connectivity index (χ0) is 20.1. The van der Waals surface area contributed by atoms with Gasteiger partial charge in [0.25, 0.3) is 5.91 Å². The minimum Gasteiger partial charge on any atom is -0.490 e. The van der Waals surface area contributed by atoms with Gasteiger partial charge in [-0.3, -0.25) is 4.79 Å². The summed E-state index contributed by atoms with van der Waals surface area (Å²) in [6, 6.07) is 11.0. The van der Waals surface area contributed by atoms with E-state index in [2.05, 4.69) is 32.9 Å². The molecular weight excluding hydrogens is 511 g/mol. The number of hydrogen-bond acceptors (Lipinski definition) is 5. The number of nitrogens with zero attached hydrogens (tertiary/aromatic N) is 1. The van der Waals surface area contributed by atoms with Crippen molar-refractivity contribution in [3.8, 4) is 11.5 Å². The molecule has 1 aliphatic heterocycles. The first kappa shape index (κ1) is 21.0. The first-order valence-corrected chi connectivity index (χ1v) is 10.9. The Morgan fingerprint density at radius 1 is 1.18 bits per heavy atom. The van der Waals surface area contributed by atoms with Crippen molar-refractivity contribution in [2.24, 2.45) is 4.99 Å². The van der Waals surface area contributed by atoms with Gasteiger partial charge < -0.3 is 14.8 Å². The lowest BCUT2D eigenvalue weighted by Crippen LogP contribution is -2.19. The average molecular weight is 529 g/mol. The van der Waals surface area contributed by atoms with Crippen molar-refractivity contribution < 1.29 is 14.3 Å². The fourth-order valence-electron chi connectivity index (χ4n) is 2.48. The lowest BCUT2D eigenvalue weighted by atomic mass is 10.2. The summed E-state index contributed by atoms with van der Waals surface area (Å²) in [5.41, 5.74) is 1.59. The number of carbonyl (C=O) groups is 1. The number of aliphatic imine (C=N–C) groups is 1. The van der Waals surface area contributed by atoms with Gasteiger partial charge in [-0.05, 0) is 96.2 Å². The second-order valence-corrected chi connectivity index (χ2v) is 8.28. The Bertz CT molecular complexity index is 945. The fourth-order valence-corrected chi connectivity index (χ4v) is 4.23. The molecule has 0 aromatic heterocycles. The highest BCUT2D eigenvalue weighted by atomic mass is 127. The first-order chi connectivity index (χ1) is 13.5. The van der Waals surface area contributed by atoms with Gasteiger partial charge in [0.2, 0.25) is 0 Å². The van der Waals surface area contributed by atoms with Crippen molar-refractivity contribution in [2.45, 2.75) is 13.8 Å². The molecule has 0 spiro atoms. The number of carbonyl (C=O) groups excluding carboxylic acids is 1. The van der Waals surface area contributed by atoms with Gasteiger partial charge in [-0.1, -0.05) is 11.6 Å². The Kier molecular flexibility index (Phi) is 7.25. The van der Waals surface area contributed by atoms with Gasteiger partial charge in [-0.25, -0.2) is 4.99 Å². The van der Waals surface area contributed by atoms with Crippen LogP contribution in [0.4, 0.5) is 5.69 Å². The minimum absolute atomic E-state index is 0.181. The second-order valence-electron chi connectivity index (χ2n) is 5.65. The molecule has 1 N–H and O–H groups in total. The molecule has 0 saturated carbocycles. The van der Waals surface area contributed by atoms with Gasteiger partial charge in [0.05, 0.1) is 27.4 Å². The molecule has 8 heteroatoms. The number of thioether (sulfide) groups is 1. The highest BCUT2D eigenvalue weighted by Crippen LogP contribution is 2.36. The maximum Gasteiger partial charge on any atom is 0.264 e. The summed E-state index contributed by atoms with van der Waals surface area (Å²) < 4.78 is 12.3. The van der Waals surface area contributed by atoms with Gasteiger partial charge in [0.1, 0.15) is 0 Å². The van der Waals surface area contributed by atoms with Gasteiger partial charge in [-0.2, -0.15) is 0 Å². The lowest BCUT2D eigenvalue weighted by molar-refractivity contribution is -0.115. The molecule has 146 valence electrons. The van der Waals surface area contributed by atoms with Gasteiger partial charge in [-0.15, -0.1) is 0 Å². The number of ether oxygens (including phenoxy) is 2. The minimum atomic E-state index is -0.181. The Morgan fingerprint density at radius 2 is 1.89 bits per heavy atom. The predicted octanol–water partition coefficient (Wildman–Crippen LogP) is 5.63. The van der Waals surface area contributed by atoms with E-state index in [0.29, 0.717) is 34.1 Å². The third-order valence-corrected chi connectivity index (χ3v) is 5.59. The summed E-state index contributed by atoms with van der Waals surface area (Å²) in [7, 11) is 0. The van der Waals surface area contributed by atoms with E-state index in [1.54, 1.807) is 24.3 Å². The third kappa shape index (κ3) is 5.21. The summed E-state index contributed by atoms with van der Waals surface area (Å²) in [5, 5.41) is 3.96. The highest BCUT2D eigenvalue weighted by molar-refractivity contribution is 14.1. The second kappa shape index (κ2) is 9.67. The lowest BCUT2D eigenvalue weighted by Gasteiger charge is -2.13. The topological polar surface area (TPSA) is 59.9 Å². The van der Waals surface area contributed by atoms with Crippen molar-refractivity contribution in [2.75, 3.05) is 13.2 Å². The van der Waals surface area contributed by atoms with E-state index in [-0.39, 0.29) is 5.91 Å². The van der Waals surface area contributed by atoms with Gasteiger partial charge in [0.15, 0.2) is 16.7 Å². The zero-order valence-electron chi connectivity index (χ0n) is 15.3. The molecule has 1 aliphatic rings. The molecule has 0 aliphatic carbocycles. The molecule has 0 bridgehead atoms. The normalized spacial score (nSPS) is 16.5. The molecule has 0 atom stereocenters. The number of amidine groups is 1. The molecule has 1 heterocycles. The maximum absolute atomic E-state index is 12.3. The van der Waals surface area contributed by atoms with Crippen LogP contribution in [0, 0.1) is 3.57 Å². The third-order valence-electron chi connectivity index (χ3n) is 3.63. The molecule has 3 rings (SSSR count). The Labute approximate surface area is 186 Å². The van der Waals surface area contributed by atoms with Crippen LogP contribution in [0.2, 0.25) is 5.02 Å². The van der Waals surface area contributed by atoms with E-state index >= 15 is 0 Å². The number of halogens is 2. The number of rotatable bonds is 6. The van der Waals surface area contributed by atoms with Crippen molar-refractivity contribution in [3.63, 3.8) is 0 Å². The van der Waals surface area contributed by atoms with Crippen molar-refractivity contribution in [1.29, 1.82) is 0 Å². The molecular formula is C20H18ClIN2O3S. The molecule has 0 radical (unpaired) electrons. The Balaban J connectivity index is 1.86. The van der Waals surface area contributed by atoms with Crippen LogP contribution in [0.1, 0.15) is 19.4 Å². The van der Waals surface area contributed by atoms with E-state index in [0.717, 1.165) is 20.6 Å². The zero-order valence-corrected chi connectivity index (χ0v) is 19.0. The standard InChI is InChI=1S/C20H18ClIN2O3S/c1-3-26-16-10-12(9-15(22)18(16)27-4-2)11-17-19(25)24-20(28-17)23-14-7-5-13(21)6-8-14/h5-11H,3-4H2,1-2H3,(H,23,24,25)/b17-11+. The molecule has 0 unspecified atom stereocenters. The van der Waals surface area contributed by atoms with E-state index in [1.807, 2.05) is 32.1 Å². The van der Waals surface area contributed by atoms with Crippen LogP contribution in [0.15, 0.2) is 46.3 Å². The predicted molar refractivity (Wildman–Crippen MR) is 124 cm³/mol. The maximum atomic E-state index is 12.3.